The van der Waals surface area contributed by atoms with Crippen LogP contribution in [0.1, 0.15) is 290 Å². The number of ether oxygens (including phenoxy) is 3. The Kier molecular flexibility index (Phi) is 63.9. The van der Waals surface area contributed by atoms with E-state index in [1.807, 2.05) is 6.08 Å². The molecule has 0 aliphatic heterocycles. The van der Waals surface area contributed by atoms with Crippen molar-refractivity contribution in [1.29, 1.82) is 0 Å². The summed E-state index contributed by atoms with van der Waals surface area (Å²) in [5, 5.41) is 0. The Labute approximate surface area is 499 Å². The minimum absolute atomic E-state index is 0.105. The summed E-state index contributed by atoms with van der Waals surface area (Å²) in [5.74, 6) is -0.992. The van der Waals surface area contributed by atoms with E-state index in [0.29, 0.717) is 19.3 Å². The molecule has 0 rings (SSSR count). The Hall–Kier alpha value is -4.71. The number of esters is 3. The topological polar surface area (TPSA) is 78.9 Å². The van der Waals surface area contributed by atoms with Gasteiger partial charge in [-0.25, -0.2) is 0 Å². The van der Waals surface area contributed by atoms with Crippen molar-refractivity contribution in [2.24, 2.45) is 0 Å². The maximum Gasteiger partial charge on any atom is 0.306 e. The quantitative estimate of drug-likeness (QED) is 0.0261. The van der Waals surface area contributed by atoms with Crippen LogP contribution in [0.3, 0.4) is 0 Å². The average molecular weight is 1120 g/mol. The molecule has 0 amide bonds. The van der Waals surface area contributed by atoms with Gasteiger partial charge >= 0.3 is 17.9 Å². The molecule has 458 valence electrons. The Bertz CT molecular complexity index is 1760. The van der Waals surface area contributed by atoms with Gasteiger partial charge in [0.15, 0.2) is 6.10 Å². The first-order valence-corrected chi connectivity index (χ1v) is 33.3. The minimum atomic E-state index is -0.816. The summed E-state index contributed by atoms with van der Waals surface area (Å²) in [7, 11) is 0. The summed E-state index contributed by atoms with van der Waals surface area (Å²) in [6.07, 6.45) is 97.4. The zero-order chi connectivity index (χ0) is 58.5. The molecule has 0 bridgehead atoms. The standard InChI is InChI=1S/C75H122O6/c1-4-7-10-13-16-19-22-25-27-29-31-33-35-36-37-38-40-41-43-45-47-50-53-56-59-62-65-68-74(77)80-71-72(70-79-73(76)67-64-61-58-55-52-49-24-21-18-15-12-9-6-3)81-75(78)69-66-63-60-57-54-51-48-46-44-42-39-34-32-30-28-26-23-20-17-14-11-8-5-2/h7-12,16-21,25-28,31-34,49,52,58,61,72H,4-6,13-15,22-24,29-30,35-48,50-51,53-57,59-60,62-71H2,1-3H3/b10-7-,11-8-,12-9-,19-16-,20-17-,21-18-,27-25-,28-26-,33-31-,34-32-,52-49-,61-58-. The highest BCUT2D eigenvalue weighted by Crippen LogP contribution is 2.16. The monoisotopic (exact) mass is 1120 g/mol. The maximum absolute atomic E-state index is 12.9. The second-order valence-electron chi connectivity index (χ2n) is 21.6. The lowest BCUT2D eigenvalue weighted by atomic mass is 10.0. The minimum Gasteiger partial charge on any atom is -0.462 e. The first-order valence-electron chi connectivity index (χ1n) is 33.3. The fraction of sp³-hybridized carbons (Fsp3) is 0.640. The van der Waals surface area contributed by atoms with Crippen LogP contribution >= 0.6 is 0 Å². The number of rotatable bonds is 59. The fourth-order valence-electron chi connectivity index (χ4n) is 8.97. The van der Waals surface area contributed by atoms with Gasteiger partial charge in [0.25, 0.3) is 0 Å². The summed E-state index contributed by atoms with van der Waals surface area (Å²) in [6, 6.07) is 0. The van der Waals surface area contributed by atoms with Gasteiger partial charge in [0, 0.05) is 19.3 Å². The van der Waals surface area contributed by atoms with Crippen LogP contribution in [0.4, 0.5) is 0 Å². The molecular weight excluding hydrogens is 997 g/mol. The molecule has 1 atom stereocenters. The molecule has 81 heavy (non-hydrogen) atoms. The first-order chi connectivity index (χ1) is 40.0. The highest BCUT2D eigenvalue weighted by atomic mass is 16.6. The van der Waals surface area contributed by atoms with Crippen molar-refractivity contribution in [2.45, 2.75) is 297 Å². The smallest absolute Gasteiger partial charge is 0.306 e. The van der Waals surface area contributed by atoms with Gasteiger partial charge in [0.1, 0.15) is 13.2 Å². The van der Waals surface area contributed by atoms with E-state index in [9.17, 15) is 14.4 Å². The largest absolute Gasteiger partial charge is 0.462 e. The van der Waals surface area contributed by atoms with Gasteiger partial charge in [-0.15, -0.1) is 0 Å². The number of carbonyl (C=O) groups is 3. The molecule has 1 unspecified atom stereocenters. The van der Waals surface area contributed by atoms with Gasteiger partial charge in [-0.2, -0.15) is 0 Å². The van der Waals surface area contributed by atoms with E-state index in [-0.39, 0.29) is 37.5 Å². The third-order valence-corrected chi connectivity index (χ3v) is 13.8. The molecule has 0 aromatic rings. The predicted octanol–water partition coefficient (Wildman–Crippen LogP) is 23.1. The summed E-state index contributed by atoms with van der Waals surface area (Å²) < 4.78 is 16.9. The van der Waals surface area contributed by atoms with Crippen LogP contribution in [0.5, 0.6) is 0 Å². The van der Waals surface area contributed by atoms with Crippen molar-refractivity contribution in [3.8, 4) is 0 Å². The summed E-state index contributed by atoms with van der Waals surface area (Å²) in [4.78, 5) is 38.3. The van der Waals surface area contributed by atoms with E-state index in [1.54, 1.807) is 0 Å². The average Bonchev–Trinajstić information content (AvgIpc) is 3.46. The van der Waals surface area contributed by atoms with Gasteiger partial charge in [-0.3, -0.25) is 14.4 Å². The molecular formula is C75H122O6. The van der Waals surface area contributed by atoms with Gasteiger partial charge < -0.3 is 14.2 Å². The Morgan fingerprint density at radius 2 is 0.469 bits per heavy atom. The van der Waals surface area contributed by atoms with E-state index in [1.165, 1.54) is 128 Å². The van der Waals surface area contributed by atoms with E-state index in [2.05, 4.69) is 161 Å². The molecule has 0 heterocycles. The van der Waals surface area contributed by atoms with Crippen molar-refractivity contribution < 1.29 is 28.6 Å². The lowest BCUT2D eigenvalue weighted by Gasteiger charge is -2.18. The van der Waals surface area contributed by atoms with E-state index >= 15 is 0 Å². The van der Waals surface area contributed by atoms with Crippen LogP contribution in [-0.2, 0) is 28.6 Å². The molecule has 0 N–H and O–H groups in total. The Balaban J connectivity index is 4.34. The maximum atomic E-state index is 12.9. The Morgan fingerprint density at radius 1 is 0.247 bits per heavy atom. The number of allylic oxidation sites excluding steroid dienone is 24. The zero-order valence-electron chi connectivity index (χ0n) is 52.5. The molecule has 0 aliphatic rings. The normalized spacial score (nSPS) is 13.1. The summed E-state index contributed by atoms with van der Waals surface area (Å²) in [5.41, 5.74) is 0. The van der Waals surface area contributed by atoms with Crippen molar-refractivity contribution in [2.75, 3.05) is 13.2 Å². The molecule has 6 heteroatoms. The fourth-order valence-corrected chi connectivity index (χ4v) is 8.97. The molecule has 0 aromatic carbocycles. The molecule has 6 nitrogen and oxygen atoms in total. The number of unbranched alkanes of at least 4 members (excludes halogenated alkanes) is 24. The molecule has 0 saturated heterocycles. The van der Waals surface area contributed by atoms with Gasteiger partial charge in [0.2, 0.25) is 0 Å². The van der Waals surface area contributed by atoms with E-state index < -0.39 is 6.10 Å². The third-order valence-electron chi connectivity index (χ3n) is 13.8. The van der Waals surface area contributed by atoms with Crippen LogP contribution in [0.15, 0.2) is 146 Å². The predicted molar refractivity (Wildman–Crippen MR) is 352 cm³/mol. The van der Waals surface area contributed by atoms with Crippen LogP contribution in [0.2, 0.25) is 0 Å². The molecule has 0 radical (unpaired) electrons. The number of hydrogen-bond acceptors (Lipinski definition) is 6. The molecule has 0 aromatic heterocycles. The molecule has 0 spiro atoms. The van der Waals surface area contributed by atoms with E-state index in [0.717, 1.165) is 116 Å². The lowest BCUT2D eigenvalue weighted by Crippen LogP contribution is -2.30. The van der Waals surface area contributed by atoms with Gasteiger partial charge in [-0.1, -0.05) is 295 Å². The first kappa shape index (κ1) is 76.3. The summed E-state index contributed by atoms with van der Waals surface area (Å²) in [6.45, 7) is 6.25. The molecule has 0 aliphatic carbocycles. The third kappa shape index (κ3) is 66.0. The Morgan fingerprint density at radius 3 is 0.765 bits per heavy atom. The lowest BCUT2D eigenvalue weighted by molar-refractivity contribution is -0.166. The second kappa shape index (κ2) is 67.8. The van der Waals surface area contributed by atoms with Crippen LogP contribution in [-0.4, -0.2) is 37.2 Å². The van der Waals surface area contributed by atoms with Crippen molar-refractivity contribution in [3.63, 3.8) is 0 Å². The van der Waals surface area contributed by atoms with Gasteiger partial charge in [0.05, 0.1) is 0 Å². The van der Waals surface area contributed by atoms with Crippen molar-refractivity contribution in [1.82, 2.24) is 0 Å². The number of carbonyl (C=O) groups excluding carboxylic acids is 3. The zero-order valence-corrected chi connectivity index (χ0v) is 52.5. The van der Waals surface area contributed by atoms with Crippen molar-refractivity contribution >= 4 is 17.9 Å². The van der Waals surface area contributed by atoms with Crippen LogP contribution in [0.25, 0.3) is 0 Å². The highest BCUT2D eigenvalue weighted by molar-refractivity contribution is 5.71. The summed E-state index contributed by atoms with van der Waals surface area (Å²) >= 11 is 0. The van der Waals surface area contributed by atoms with Gasteiger partial charge in [-0.05, 0) is 122 Å². The highest BCUT2D eigenvalue weighted by Gasteiger charge is 2.19. The van der Waals surface area contributed by atoms with E-state index in [4.69, 9.17) is 14.2 Å². The molecule has 0 fully saturated rings. The SMILES string of the molecule is CC/C=C\C/C=C\C/C=C\C/C=C\CCCCCCCCCCCCCCCCC(=O)OCC(COC(=O)CC/C=C\C/C=C\C/C=C\C/C=C\CC)OC(=O)CCCCCCCCCCCC/C=C\C/C=C\C/C=C\C/C=C\CC. The second-order valence-corrected chi connectivity index (χ2v) is 21.6. The van der Waals surface area contributed by atoms with Crippen molar-refractivity contribution in [3.05, 3.63) is 146 Å². The number of hydrogen-bond donors (Lipinski definition) is 0. The van der Waals surface area contributed by atoms with Crippen LogP contribution in [0, 0.1) is 0 Å². The molecule has 0 saturated carbocycles. The van der Waals surface area contributed by atoms with Crippen LogP contribution < -0.4 is 0 Å².